The van der Waals surface area contributed by atoms with Gasteiger partial charge in [0.05, 0.1) is 11.4 Å². The van der Waals surface area contributed by atoms with Crippen molar-refractivity contribution in [1.29, 1.82) is 0 Å². The van der Waals surface area contributed by atoms with Crippen LogP contribution in [0.1, 0.15) is 0 Å². The summed E-state index contributed by atoms with van der Waals surface area (Å²) in [5.74, 6) is 0. The summed E-state index contributed by atoms with van der Waals surface area (Å²) in [4.78, 5) is 2.15. The largest absolute Gasteiger partial charge is 0.343 e. The number of hydrogen-bond acceptors (Lipinski definition) is 1. The number of benzene rings is 2. The summed E-state index contributed by atoms with van der Waals surface area (Å²) in [6.07, 6.45) is 0. The Morgan fingerprint density at radius 1 is 0.750 bits per heavy atom. The maximum atomic E-state index is 3.56. The quantitative estimate of drug-likeness (QED) is 0.745. The Kier molecular flexibility index (Phi) is 3.66. The minimum atomic E-state index is 1.09. The minimum absolute atomic E-state index is 1.09. The molecule has 0 aliphatic carbocycles. The fraction of sp³-hybridized carbons (Fsp3) is 0.0769. The SMILES string of the molecule is CN(c1ccccc1Br)c1ccccc1Br. The molecule has 2 rings (SSSR count). The van der Waals surface area contributed by atoms with Gasteiger partial charge in [0.15, 0.2) is 0 Å². The molecule has 0 saturated carbocycles. The zero-order chi connectivity index (χ0) is 11.5. The van der Waals surface area contributed by atoms with E-state index in [1.54, 1.807) is 0 Å². The van der Waals surface area contributed by atoms with Gasteiger partial charge in [-0.2, -0.15) is 0 Å². The number of anilines is 2. The van der Waals surface area contributed by atoms with Crippen LogP contribution in [0.15, 0.2) is 57.5 Å². The molecule has 0 saturated heterocycles. The van der Waals surface area contributed by atoms with Crippen LogP contribution in [0.4, 0.5) is 11.4 Å². The van der Waals surface area contributed by atoms with Crippen LogP contribution < -0.4 is 4.90 Å². The lowest BCUT2D eigenvalue weighted by Crippen LogP contribution is -2.10. The van der Waals surface area contributed by atoms with E-state index in [4.69, 9.17) is 0 Å². The topological polar surface area (TPSA) is 3.24 Å². The Morgan fingerprint density at radius 2 is 1.12 bits per heavy atom. The van der Waals surface area contributed by atoms with Crippen molar-refractivity contribution in [2.24, 2.45) is 0 Å². The lowest BCUT2D eigenvalue weighted by atomic mass is 10.2. The number of rotatable bonds is 2. The molecule has 0 aliphatic heterocycles. The van der Waals surface area contributed by atoms with Crippen molar-refractivity contribution < 1.29 is 0 Å². The smallest absolute Gasteiger partial charge is 0.0552 e. The van der Waals surface area contributed by atoms with E-state index in [0.29, 0.717) is 0 Å². The summed E-state index contributed by atoms with van der Waals surface area (Å²) in [5, 5.41) is 0. The summed E-state index contributed by atoms with van der Waals surface area (Å²) in [6.45, 7) is 0. The first-order valence-corrected chi connectivity index (χ1v) is 6.51. The lowest BCUT2D eigenvalue weighted by molar-refractivity contribution is 1.19. The van der Waals surface area contributed by atoms with Crippen molar-refractivity contribution in [1.82, 2.24) is 0 Å². The van der Waals surface area contributed by atoms with Gasteiger partial charge in [0.2, 0.25) is 0 Å². The van der Waals surface area contributed by atoms with Crippen molar-refractivity contribution in [3.63, 3.8) is 0 Å². The average Bonchev–Trinajstić information content (AvgIpc) is 2.29. The van der Waals surface area contributed by atoms with Crippen LogP contribution in [0.25, 0.3) is 0 Å². The molecule has 0 heterocycles. The number of hydrogen-bond donors (Lipinski definition) is 0. The van der Waals surface area contributed by atoms with Crippen LogP contribution in [-0.4, -0.2) is 7.05 Å². The third kappa shape index (κ3) is 2.30. The molecule has 2 aromatic rings. The van der Waals surface area contributed by atoms with Crippen LogP contribution in [-0.2, 0) is 0 Å². The molecule has 0 fully saturated rings. The van der Waals surface area contributed by atoms with E-state index >= 15 is 0 Å². The Morgan fingerprint density at radius 3 is 1.50 bits per heavy atom. The van der Waals surface area contributed by atoms with E-state index in [-0.39, 0.29) is 0 Å². The first kappa shape index (κ1) is 11.7. The molecule has 0 N–H and O–H groups in total. The second kappa shape index (κ2) is 5.02. The first-order valence-electron chi connectivity index (χ1n) is 4.93. The molecule has 3 heteroatoms. The molecule has 82 valence electrons. The van der Waals surface area contributed by atoms with E-state index in [1.165, 1.54) is 0 Å². The van der Waals surface area contributed by atoms with Gasteiger partial charge in [0, 0.05) is 16.0 Å². The van der Waals surface area contributed by atoms with Gasteiger partial charge in [-0.05, 0) is 56.1 Å². The predicted octanol–water partition coefficient (Wildman–Crippen LogP) is 4.98. The Labute approximate surface area is 112 Å². The van der Waals surface area contributed by atoms with Gasteiger partial charge < -0.3 is 4.90 Å². The summed E-state index contributed by atoms with van der Waals surface area (Å²) >= 11 is 7.12. The molecule has 16 heavy (non-hydrogen) atoms. The van der Waals surface area contributed by atoms with E-state index in [1.807, 2.05) is 36.4 Å². The molecule has 0 aliphatic rings. The van der Waals surface area contributed by atoms with Gasteiger partial charge in [-0.3, -0.25) is 0 Å². The molecule has 1 nitrogen and oxygen atoms in total. The lowest BCUT2D eigenvalue weighted by Gasteiger charge is -2.22. The van der Waals surface area contributed by atoms with E-state index in [0.717, 1.165) is 20.3 Å². The number of halogens is 2. The molecule has 0 radical (unpaired) electrons. The summed E-state index contributed by atoms with van der Waals surface area (Å²) in [7, 11) is 2.06. The maximum Gasteiger partial charge on any atom is 0.0552 e. The molecular formula is C13H11Br2N. The average molecular weight is 341 g/mol. The van der Waals surface area contributed by atoms with Gasteiger partial charge in [-0.15, -0.1) is 0 Å². The third-order valence-electron chi connectivity index (χ3n) is 2.43. The minimum Gasteiger partial charge on any atom is -0.343 e. The van der Waals surface area contributed by atoms with Gasteiger partial charge in [0.1, 0.15) is 0 Å². The van der Waals surface area contributed by atoms with E-state index < -0.39 is 0 Å². The first-order chi connectivity index (χ1) is 7.70. The number of nitrogens with zero attached hydrogens (tertiary/aromatic N) is 1. The molecule has 0 unspecified atom stereocenters. The Balaban J connectivity index is 2.44. The van der Waals surface area contributed by atoms with Crippen LogP contribution in [0.3, 0.4) is 0 Å². The van der Waals surface area contributed by atoms with Crippen molar-refractivity contribution in [3.05, 3.63) is 57.5 Å². The van der Waals surface area contributed by atoms with Crippen molar-refractivity contribution in [2.75, 3.05) is 11.9 Å². The number of para-hydroxylation sites is 2. The molecular weight excluding hydrogens is 330 g/mol. The fourth-order valence-electron chi connectivity index (χ4n) is 1.58. The Hall–Kier alpha value is -0.800. The molecule has 0 bridgehead atoms. The van der Waals surface area contributed by atoms with Crippen LogP contribution in [0.2, 0.25) is 0 Å². The van der Waals surface area contributed by atoms with Crippen molar-refractivity contribution in [2.45, 2.75) is 0 Å². The van der Waals surface area contributed by atoms with E-state index in [2.05, 4.69) is 55.9 Å². The van der Waals surface area contributed by atoms with Crippen LogP contribution in [0.5, 0.6) is 0 Å². The van der Waals surface area contributed by atoms with Crippen molar-refractivity contribution >= 4 is 43.2 Å². The molecule has 0 atom stereocenters. The highest BCUT2D eigenvalue weighted by Gasteiger charge is 2.09. The van der Waals surface area contributed by atoms with Gasteiger partial charge in [-0.1, -0.05) is 24.3 Å². The standard InChI is InChI=1S/C13H11Br2N/c1-16(12-8-4-2-6-10(12)14)13-9-5-3-7-11(13)15/h2-9H,1H3. The zero-order valence-corrected chi connectivity index (χ0v) is 12.0. The summed E-state index contributed by atoms with van der Waals surface area (Å²) in [5.41, 5.74) is 2.30. The second-order valence-corrected chi connectivity index (χ2v) is 5.17. The Bertz CT molecular complexity index is 451. The molecule has 0 aromatic heterocycles. The molecule has 0 spiro atoms. The summed E-state index contributed by atoms with van der Waals surface area (Å²) in [6, 6.07) is 16.4. The highest BCUT2D eigenvalue weighted by molar-refractivity contribution is 9.11. The third-order valence-corrected chi connectivity index (χ3v) is 3.77. The van der Waals surface area contributed by atoms with Crippen molar-refractivity contribution in [3.8, 4) is 0 Å². The fourth-order valence-corrected chi connectivity index (χ4v) is 2.68. The monoisotopic (exact) mass is 339 g/mol. The molecule has 0 amide bonds. The van der Waals surface area contributed by atoms with Gasteiger partial charge in [0.25, 0.3) is 0 Å². The highest BCUT2D eigenvalue weighted by atomic mass is 79.9. The predicted molar refractivity (Wildman–Crippen MR) is 76.3 cm³/mol. The molecule has 2 aromatic carbocycles. The van der Waals surface area contributed by atoms with Crippen LogP contribution >= 0.6 is 31.9 Å². The zero-order valence-electron chi connectivity index (χ0n) is 8.82. The van der Waals surface area contributed by atoms with Gasteiger partial charge in [-0.25, -0.2) is 0 Å². The highest BCUT2D eigenvalue weighted by Crippen LogP contribution is 2.34. The maximum absolute atomic E-state index is 3.56. The summed E-state index contributed by atoms with van der Waals surface area (Å²) < 4.78 is 2.18. The normalized spacial score (nSPS) is 10.2. The van der Waals surface area contributed by atoms with Crippen LogP contribution in [0, 0.1) is 0 Å². The second-order valence-electron chi connectivity index (χ2n) is 3.46. The van der Waals surface area contributed by atoms with E-state index in [9.17, 15) is 0 Å². The van der Waals surface area contributed by atoms with Gasteiger partial charge >= 0.3 is 0 Å².